The van der Waals surface area contributed by atoms with E-state index in [4.69, 9.17) is 5.73 Å². The minimum absolute atomic E-state index is 0.105. The van der Waals surface area contributed by atoms with Crippen LogP contribution in [0.2, 0.25) is 0 Å². The lowest BCUT2D eigenvalue weighted by molar-refractivity contribution is -0.138. The number of cyclic esters (lactones) is 2. The Hall–Kier alpha value is -1.67. The van der Waals surface area contributed by atoms with Gasteiger partial charge < -0.3 is 26.0 Å². The maximum absolute atomic E-state index is 11.6. The fourth-order valence-corrected chi connectivity index (χ4v) is 2.21. The number of rotatable bonds is 1. The van der Waals surface area contributed by atoms with Crippen LogP contribution in [-0.4, -0.2) is 61.1 Å². The van der Waals surface area contributed by atoms with Gasteiger partial charge in [0.1, 0.15) is 6.04 Å². The normalized spacial score (nSPS) is 22.6. The van der Waals surface area contributed by atoms with E-state index in [0.29, 0.717) is 0 Å². The lowest BCUT2D eigenvalue weighted by Gasteiger charge is -2.36. The Labute approximate surface area is 162 Å². The molecule has 3 aliphatic heterocycles. The monoisotopic (exact) mass is 384 g/mol. The van der Waals surface area contributed by atoms with Gasteiger partial charge in [0.2, 0.25) is 5.91 Å². The molecule has 3 aliphatic rings. The zero-order valence-corrected chi connectivity index (χ0v) is 17.6. The van der Waals surface area contributed by atoms with Gasteiger partial charge in [0.25, 0.3) is 0 Å². The number of carbonyl (C=O) groups excluding carboxylic acids is 3. The SMILES string of the molecule is C1CNC1.CC(C)(C)[C@@H]1NC(=O)OC1=O.CC(C)(C)[C@H](N)C(=O)N1CCC1. The standard InChI is InChI=1S/C9H18N2O.C7H11NO3.C3H7N/c1-9(2,3)7(10)8(12)11-5-4-6-11;1-7(2,3)4-5(9)11-6(10)8-4;1-2-4-3-1/h7H,4-6,10H2,1-3H3;4H,1-3H3,(H,8,10);4H,1-3H2/t7-;4-;/m11./s1. The molecule has 0 aliphatic carbocycles. The fraction of sp³-hybridized carbons (Fsp3) is 0.842. The van der Waals surface area contributed by atoms with Gasteiger partial charge in [0.05, 0.1) is 6.04 Å². The first-order valence-electron chi connectivity index (χ1n) is 9.61. The van der Waals surface area contributed by atoms with Crippen molar-refractivity contribution in [2.45, 2.75) is 66.5 Å². The van der Waals surface area contributed by atoms with Gasteiger partial charge in [-0.2, -0.15) is 0 Å². The van der Waals surface area contributed by atoms with Crippen molar-refractivity contribution in [3.8, 4) is 0 Å². The van der Waals surface area contributed by atoms with Crippen LogP contribution in [0.25, 0.3) is 0 Å². The van der Waals surface area contributed by atoms with Crippen LogP contribution >= 0.6 is 0 Å². The zero-order chi connectivity index (χ0) is 20.8. The Balaban J connectivity index is 0.000000224. The van der Waals surface area contributed by atoms with E-state index in [1.54, 1.807) is 0 Å². The molecule has 3 saturated heterocycles. The first-order chi connectivity index (χ1) is 12.3. The number of alkyl carbamates (subject to hydrolysis) is 1. The molecule has 4 N–H and O–H groups in total. The van der Waals surface area contributed by atoms with Crippen molar-refractivity contribution >= 4 is 18.0 Å². The summed E-state index contributed by atoms with van der Waals surface area (Å²) in [6, 6.07) is -0.854. The predicted octanol–water partition coefficient (Wildman–Crippen LogP) is 1.24. The average molecular weight is 385 g/mol. The van der Waals surface area contributed by atoms with Gasteiger partial charge in [-0.05, 0) is 36.8 Å². The summed E-state index contributed by atoms with van der Waals surface area (Å²) in [5, 5.41) is 5.54. The van der Waals surface area contributed by atoms with E-state index in [-0.39, 0.29) is 22.8 Å². The highest BCUT2D eigenvalue weighted by Gasteiger charge is 2.40. The second-order valence-electron chi connectivity index (χ2n) is 9.28. The molecule has 2 amide bonds. The van der Waals surface area contributed by atoms with Crippen LogP contribution in [0.4, 0.5) is 4.79 Å². The van der Waals surface area contributed by atoms with Crippen molar-refractivity contribution in [3.63, 3.8) is 0 Å². The van der Waals surface area contributed by atoms with Gasteiger partial charge in [0.15, 0.2) is 0 Å². The third-order valence-electron chi connectivity index (χ3n) is 4.63. The van der Waals surface area contributed by atoms with E-state index in [9.17, 15) is 14.4 Å². The van der Waals surface area contributed by atoms with Crippen molar-refractivity contribution in [1.82, 2.24) is 15.5 Å². The second kappa shape index (κ2) is 9.50. The van der Waals surface area contributed by atoms with E-state index >= 15 is 0 Å². The van der Waals surface area contributed by atoms with Crippen molar-refractivity contribution in [2.24, 2.45) is 16.6 Å². The number of carbonyl (C=O) groups is 3. The van der Waals surface area contributed by atoms with E-state index in [1.807, 2.05) is 46.4 Å². The summed E-state index contributed by atoms with van der Waals surface area (Å²) in [7, 11) is 0. The van der Waals surface area contributed by atoms with Crippen LogP contribution in [0.15, 0.2) is 0 Å². The molecule has 156 valence electrons. The lowest BCUT2D eigenvalue weighted by Crippen LogP contribution is -2.54. The Morgan fingerprint density at radius 3 is 1.78 bits per heavy atom. The summed E-state index contributed by atoms with van der Waals surface area (Å²) < 4.78 is 4.31. The van der Waals surface area contributed by atoms with Crippen LogP contribution in [0.5, 0.6) is 0 Å². The molecule has 0 radical (unpaired) electrons. The third-order valence-corrected chi connectivity index (χ3v) is 4.63. The Morgan fingerprint density at radius 2 is 1.59 bits per heavy atom. The smallest absolute Gasteiger partial charge is 0.375 e. The van der Waals surface area contributed by atoms with E-state index in [0.717, 1.165) is 19.5 Å². The molecular weight excluding hydrogens is 348 g/mol. The molecule has 3 heterocycles. The van der Waals surface area contributed by atoms with Gasteiger partial charge in [-0.25, -0.2) is 9.59 Å². The maximum Gasteiger partial charge on any atom is 0.415 e. The Kier molecular flexibility index (Phi) is 8.23. The number of hydrogen-bond acceptors (Lipinski definition) is 6. The van der Waals surface area contributed by atoms with E-state index < -0.39 is 18.1 Å². The number of hydrogen-bond donors (Lipinski definition) is 3. The number of nitrogens with zero attached hydrogens (tertiary/aromatic N) is 1. The van der Waals surface area contributed by atoms with Gasteiger partial charge in [-0.15, -0.1) is 0 Å². The molecule has 0 bridgehead atoms. The summed E-state index contributed by atoms with van der Waals surface area (Å²) >= 11 is 0. The fourth-order valence-electron chi connectivity index (χ4n) is 2.21. The predicted molar refractivity (Wildman–Crippen MR) is 104 cm³/mol. The van der Waals surface area contributed by atoms with Crippen LogP contribution < -0.4 is 16.4 Å². The Morgan fingerprint density at radius 1 is 1.11 bits per heavy atom. The summed E-state index contributed by atoms with van der Waals surface area (Å²) in [5.41, 5.74) is 5.42. The minimum atomic E-state index is -0.644. The molecule has 8 heteroatoms. The van der Waals surface area contributed by atoms with Crippen LogP contribution in [0.1, 0.15) is 54.4 Å². The highest BCUT2D eigenvalue weighted by molar-refractivity contribution is 5.95. The molecule has 0 spiro atoms. The van der Waals surface area contributed by atoms with Gasteiger partial charge in [-0.3, -0.25) is 4.79 Å². The summed E-state index contributed by atoms with van der Waals surface area (Å²) in [4.78, 5) is 34.9. The molecule has 27 heavy (non-hydrogen) atoms. The van der Waals surface area contributed by atoms with Gasteiger partial charge >= 0.3 is 12.1 Å². The number of esters is 1. The quantitative estimate of drug-likeness (QED) is 0.463. The summed E-state index contributed by atoms with van der Waals surface area (Å²) in [5.74, 6) is -0.378. The first kappa shape index (κ1) is 23.4. The van der Waals surface area contributed by atoms with Crippen LogP contribution in [0, 0.1) is 10.8 Å². The number of nitrogens with two attached hydrogens (primary N) is 1. The molecule has 8 nitrogen and oxygen atoms in total. The van der Waals surface area contributed by atoms with Gasteiger partial charge in [-0.1, -0.05) is 41.5 Å². The number of likely N-dealkylation sites (tertiary alicyclic amines) is 1. The van der Waals surface area contributed by atoms with Crippen molar-refractivity contribution in [2.75, 3.05) is 26.2 Å². The van der Waals surface area contributed by atoms with E-state index in [1.165, 1.54) is 19.5 Å². The summed E-state index contributed by atoms with van der Waals surface area (Å²) in [6.07, 6.45) is 1.87. The van der Waals surface area contributed by atoms with Crippen LogP contribution in [-0.2, 0) is 14.3 Å². The van der Waals surface area contributed by atoms with Crippen molar-refractivity contribution in [3.05, 3.63) is 0 Å². The second-order valence-corrected chi connectivity index (χ2v) is 9.28. The molecule has 0 saturated carbocycles. The molecule has 0 aromatic heterocycles. The highest BCUT2D eigenvalue weighted by Crippen LogP contribution is 2.23. The number of amides is 2. The largest absolute Gasteiger partial charge is 0.415 e. The maximum atomic E-state index is 11.6. The summed E-state index contributed by atoms with van der Waals surface area (Å²) in [6.45, 7) is 15.9. The molecule has 0 unspecified atom stereocenters. The average Bonchev–Trinajstić information content (AvgIpc) is 2.72. The molecule has 0 aromatic rings. The number of nitrogens with one attached hydrogen (secondary N) is 2. The first-order valence-corrected chi connectivity index (χ1v) is 9.61. The third kappa shape index (κ3) is 7.46. The highest BCUT2D eigenvalue weighted by atomic mass is 16.6. The van der Waals surface area contributed by atoms with Crippen LogP contribution in [0.3, 0.4) is 0 Å². The Bertz CT molecular complexity index is 525. The molecule has 2 atom stereocenters. The molecule has 0 aromatic carbocycles. The van der Waals surface area contributed by atoms with Gasteiger partial charge in [0, 0.05) is 13.1 Å². The van der Waals surface area contributed by atoms with Crippen molar-refractivity contribution < 1.29 is 19.1 Å². The topological polar surface area (TPSA) is 114 Å². The van der Waals surface area contributed by atoms with E-state index in [2.05, 4.69) is 15.4 Å². The van der Waals surface area contributed by atoms with Crippen molar-refractivity contribution in [1.29, 1.82) is 0 Å². The minimum Gasteiger partial charge on any atom is -0.375 e. The zero-order valence-electron chi connectivity index (χ0n) is 17.6. The molecule has 3 rings (SSSR count). The molecular formula is C19H36N4O4. The molecule has 3 fully saturated rings. The lowest BCUT2D eigenvalue weighted by atomic mass is 9.86. The number of ether oxygens (including phenoxy) is 1.